The summed E-state index contributed by atoms with van der Waals surface area (Å²) in [5, 5.41) is 66.8. The summed E-state index contributed by atoms with van der Waals surface area (Å²) in [6.45, 7) is 4.15. The van der Waals surface area contributed by atoms with E-state index in [0.717, 1.165) is 38.5 Å². The van der Waals surface area contributed by atoms with Crippen molar-refractivity contribution in [1.29, 1.82) is 0 Å². The van der Waals surface area contributed by atoms with Gasteiger partial charge in [0.25, 0.3) is 0 Å². The largest absolute Gasteiger partial charge is 0.396 e. The molecule has 2 aliphatic carbocycles. The number of nitrogens with one attached hydrogen (secondary N) is 1. The van der Waals surface area contributed by atoms with Gasteiger partial charge in [-0.3, -0.25) is 4.79 Å². The Balaban J connectivity index is 1.44. The summed E-state index contributed by atoms with van der Waals surface area (Å²) in [7, 11) is 0. The van der Waals surface area contributed by atoms with Crippen molar-refractivity contribution >= 4 is 5.91 Å². The van der Waals surface area contributed by atoms with Crippen molar-refractivity contribution < 1.29 is 44.9 Å². The summed E-state index contributed by atoms with van der Waals surface area (Å²) >= 11 is 0. The minimum atomic E-state index is -1.55. The van der Waals surface area contributed by atoms with Gasteiger partial charge >= 0.3 is 0 Å². The Labute approximate surface area is 268 Å². The lowest BCUT2D eigenvalue weighted by Crippen LogP contribution is -2.47. The van der Waals surface area contributed by atoms with Crippen LogP contribution in [0.4, 0.5) is 0 Å². The molecule has 0 spiro atoms. The number of carbonyl (C=O) groups is 1. The Morgan fingerprint density at radius 1 is 1.04 bits per heavy atom. The quantitative estimate of drug-likeness (QED) is 0.144. The first-order chi connectivity index (χ1) is 21.6. The lowest BCUT2D eigenvalue weighted by molar-refractivity contribution is -0.235. The maximum atomic E-state index is 12.0. The zero-order valence-corrected chi connectivity index (χ0v) is 27.0. The van der Waals surface area contributed by atoms with Crippen LogP contribution in [0.3, 0.4) is 0 Å². The van der Waals surface area contributed by atoms with E-state index in [2.05, 4.69) is 24.4 Å². The molecule has 1 saturated heterocycles. The Hall–Kier alpha value is -1.63. The first-order valence-electron chi connectivity index (χ1n) is 17.2. The summed E-state index contributed by atoms with van der Waals surface area (Å²) < 4.78 is 12.2. The smallest absolute Gasteiger partial charge is 0.219 e. The van der Waals surface area contributed by atoms with Crippen LogP contribution >= 0.6 is 0 Å². The predicted octanol–water partition coefficient (Wildman–Crippen LogP) is 2.16. The molecule has 256 valence electrons. The van der Waals surface area contributed by atoms with Gasteiger partial charge in [-0.2, -0.15) is 0 Å². The molecule has 45 heavy (non-hydrogen) atoms. The monoisotopic (exact) mass is 635 g/mol. The molecule has 1 amide bonds. The Morgan fingerprint density at radius 2 is 1.78 bits per heavy atom. The fourth-order valence-corrected chi connectivity index (χ4v) is 8.05. The lowest BCUT2D eigenvalue weighted by Gasteiger charge is -2.42. The topological polar surface area (TPSA) is 169 Å². The van der Waals surface area contributed by atoms with Crippen LogP contribution in [-0.4, -0.2) is 99.2 Å². The summed E-state index contributed by atoms with van der Waals surface area (Å²) in [5.41, 5.74) is 1.18. The highest BCUT2D eigenvalue weighted by molar-refractivity contribution is 5.75. The number of rotatable bonds is 16. The van der Waals surface area contributed by atoms with E-state index >= 15 is 0 Å². The summed E-state index contributed by atoms with van der Waals surface area (Å²) in [6.07, 6.45) is 0.321. The number of aliphatic hydroxyl groups is 6. The number of amides is 1. The van der Waals surface area contributed by atoms with Crippen molar-refractivity contribution in [3.8, 4) is 0 Å². The molecule has 1 heterocycles. The molecule has 0 aromatic heterocycles. The zero-order chi connectivity index (χ0) is 32.5. The van der Waals surface area contributed by atoms with E-state index in [0.29, 0.717) is 44.1 Å². The summed E-state index contributed by atoms with van der Waals surface area (Å²) in [6, 6.07) is 10.1. The molecule has 0 bridgehead atoms. The second kappa shape index (κ2) is 17.5. The molecule has 3 aliphatic rings. The molecule has 10 nitrogen and oxygen atoms in total. The molecule has 1 aromatic rings. The minimum Gasteiger partial charge on any atom is -0.396 e. The molecular formula is C35H57NO9. The van der Waals surface area contributed by atoms with Gasteiger partial charge in [-0.1, -0.05) is 37.3 Å². The van der Waals surface area contributed by atoms with Gasteiger partial charge in [0.2, 0.25) is 5.91 Å². The van der Waals surface area contributed by atoms with E-state index in [1.54, 1.807) is 0 Å². The molecule has 1 aromatic carbocycles. The molecule has 13 atom stereocenters. The van der Waals surface area contributed by atoms with Gasteiger partial charge in [-0.05, 0) is 93.4 Å². The van der Waals surface area contributed by atoms with Crippen molar-refractivity contribution in [3.05, 3.63) is 35.9 Å². The number of carbonyl (C=O) groups excluding carboxylic acids is 1. The predicted molar refractivity (Wildman–Crippen MR) is 169 cm³/mol. The van der Waals surface area contributed by atoms with E-state index in [1.807, 2.05) is 25.1 Å². The van der Waals surface area contributed by atoms with Crippen LogP contribution in [0.1, 0.15) is 77.2 Å². The second-order valence-electron chi connectivity index (χ2n) is 13.9. The Morgan fingerprint density at radius 3 is 2.44 bits per heavy atom. The van der Waals surface area contributed by atoms with Crippen molar-refractivity contribution in [2.24, 2.45) is 35.5 Å². The van der Waals surface area contributed by atoms with Crippen molar-refractivity contribution in [3.63, 3.8) is 0 Å². The van der Waals surface area contributed by atoms with Crippen molar-refractivity contribution in [1.82, 2.24) is 5.32 Å². The molecule has 3 fully saturated rings. The van der Waals surface area contributed by atoms with Gasteiger partial charge in [-0.25, -0.2) is 0 Å². The van der Waals surface area contributed by atoms with E-state index in [4.69, 9.17) is 9.47 Å². The molecule has 10 heteroatoms. The summed E-state index contributed by atoms with van der Waals surface area (Å²) in [5.74, 6) is 0.0408. The van der Waals surface area contributed by atoms with Gasteiger partial charge in [0.05, 0.1) is 37.6 Å². The van der Waals surface area contributed by atoms with E-state index in [9.17, 15) is 35.4 Å². The SMILES string of the molecule is CCNC(=O)CCCC1CCC1CC1C(OC2OCC(CO)C(O)C(O)C2O)CC(O)C1C(C)CC(O)CCc1ccccc1. The van der Waals surface area contributed by atoms with Gasteiger partial charge in [-0.15, -0.1) is 0 Å². The minimum absolute atomic E-state index is 0.00629. The van der Waals surface area contributed by atoms with Crippen LogP contribution in [0.5, 0.6) is 0 Å². The fraction of sp³-hybridized carbons (Fsp3) is 0.800. The van der Waals surface area contributed by atoms with E-state index in [1.165, 1.54) is 5.56 Å². The van der Waals surface area contributed by atoms with E-state index in [-0.39, 0.29) is 30.3 Å². The number of hydrogen-bond acceptors (Lipinski definition) is 9. The first kappa shape index (κ1) is 36.2. The molecule has 0 radical (unpaired) electrons. The first-order valence-corrected chi connectivity index (χ1v) is 17.2. The summed E-state index contributed by atoms with van der Waals surface area (Å²) in [4.78, 5) is 12.0. The third-order valence-electron chi connectivity index (χ3n) is 10.8. The maximum absolute atomic E-state index is 12.0. The van der Waals surface area contributed by atoms with Crippen LogP contribution in [-0.2, 0) is 20.7 Å². The van der Waals surface area contributed by atoms with Gasteiger partial charge in [0, 0.05) is 25.3 Å². The normalized spacial score (nSPS) is 36.6. The number of aliphatic hydroxyl groups excluding tert-OH is 6. The molecular weight excluding hydrogens is 578 g/mol. The fourth-order valence-electron chi connectivity index (χ4n) is 8.05. The van der Waals surface area contributed by atoms with Crippen molar-refractivity contribution in [2.45, 2.75) is 121 Å². The average Bonchev–Trinajstić information content (AvgIpc) is 3.28. The highest BCUT2D eigenvalue weighted by Crippen LogP contribution is 2.50. The second-order valence-corrected chi connectivity index (χ2v) is 13.9. The van der Waals surface area contributed by atoms with Crippen LogP contribution in [0.15, 0.2) is 30.3 Å². The van der Waals surface area contributed by atoms with Crippen molar-refractivity contribution in [2.75, 3.05) is 19.8 Å². The molecule has 1 aliphatic heterocycles. The third-order valence-corrected chi connectivity index (χ3v) is 10.8. The standard InChI is InChI=1S/C35H57NO9/c1-3-36-30(40)11-7-10-23-13-14-24(23)17-27-29(45-35-34(43)33(42)32(41)25(19-37)20-44-35)18-28(39)31(27)21(2)16-26(38)15-12-22-8-5-4-6-9-22/h4-6,8-9,21,23-29,31-35,37-39,41-43H,3,7,10-20H2,1-2H3,(H,36,40). The molecule has 7 N–H and O–H groups in total. The Bertz CT molecular complexity index is 1010. The molecule has 4 rings (SSSR count). The van der Waals surface area contributed by atoms with Crippen LogP contribution in [0.2, 0.25) is 0 Å². The van der Waals surface area contributed by atoms with E-state index < -0.39 is 55.4 Å². The molecule has 13 unspecified atom stereocenters. The van der Waals surface area contributed by atoms with Crippen LogP contribution < -0.4 is 5.32 Å². The number of aryl methyl sites for hydroxylation is 1. The number of benzene rings is 1. The lowest BCUT2D eigenvalue weighted by atomic mass is 9.65. The average molecular weight is 636 g/mol. The zero-order valence-electron chi connectivity index (χ0n) is 27.0. The van der Waals surface area contributed by atoms with Crippen LogP contribution in [0, 0.1) is 35.5 Å². The van der Waals surface area contributed by atoms with Gasteiger partial charge in [0.15, 0.2) is 6.29 Å². The van der Waals surface area contributed by atoms with Crippen LogP contribution in [0.25, 0.3) is 0 Å². The number of hydrogen-bond donors (Lipinski definition) is 7. The van der Waals surface area contributed by atoms with Gasteiger partial charge in [0.1, 0.15) is 12.2 Å². The third kappa shape index (κ3) is 9.70. The Kier molecular flexibility index (Phi) is 14.1. The number of ether oxygens (including phenoxy) is 2. The highest BCUT2D eigenvalue weighted by atomic mass is 16.7. The van der Waals surface area contributed by atoms with Gasteiger partial charge < -0.3 is 45.4 Å². The molecule has 2 saturated carbocycles. The maximum Gasteiger partial charge on any atom is 0.219 e. The highest BCUT2D eigenvalue weighted by Gasteiger charge is 2.50.